The van der Waals surface area contributed by atoms with Crippen LogP contribution in [0, 0.1) is 0 Å². The molecular formula is C12H14N4O2. The number of H-pyrrole nitrogens is 1. The fourth-order valence-corrected chi connectivity index (χ4v) is 1.64. The van der Waals surface area contributed by atoms with Gasteiger partial charge in [0, 0.05) is 13.0 Å². The Bertz CT molecular complexity index is 621. The van der Waals surface area contributed by atoms with E-state index in [9.17, 15) is 9.59 Å². The van der Waals surface area contributed by atoms with E-state index in [-0.39, 0.29) is 17.9 Å². The first-order chi connectivity index (χ1) is 8.66. The van der Waals surface area contributed by atoms with Crippen LogP contribution in [0.1, 0.15) is 12.2 Å². The third kappa shape index (κ3) is 2.92. The molecule has 6 nitrogen and oxygen atoms in total. The average Bonchev–Trinajstić information content (AvgIpc) is 2.35. The zero-order valence-corrected chi connectivity index (χ0v) is 9.77. The molecule has 0 bridgehead atoms. The van der Waals surface area contributed by atoms with E-state index in [2.05, 4.69) is 15.3 Å². The Morgan fingerprint density at radius 3 is 2.94 bits per heavy atom. The maximum absolute atomic E-state index is 11.7. The molecule has 1 aromatic heterocycles. The number of fused-ring (bicyclic) bond motifs is 1. The second-order valence-corrected chi connectivity index (χ2v) is 3.92. The van der Waals surface area contributed by atoms with Crippen LogP contribution in [0.15, 0.2) is 29.1 Å². The van der Waals surface area contributed by atoms with Gasteiger partial charge in [0.25, 0.3) is 5.56 Å². The molecule has 1 amide bonds. The zero-order chi connectivity index (χ0) is 13.0. The zero-order valence-electron chi connectivity index (χ0n) is 9.77. The molecule has 0 aliphatic carbocycles. The summed E-state index contributed by atoms with van der Waals surface area (Å²) in [5, 5.41) is 3.56. The first-order valence-corrected chi connectivity index (χ1v) is 5.64. The minimum Gasteiger partial charge on any atom is -0.370 e. The van der Waals surface area contributed by atoms with Crippen molar-refractivity contribution in [2.45, 2.75) is 13.0 Å². The van der Waals surface area contributed by atoms with Gasteiger partial charge in [-0.15, -0.1) is 0 Å². The average molecular weight is 246 g/mol. The number of hydrogen-bond acceptors (Lipinski definition) is 4. The van der Waals surface area contributed by atoms with Crippen LogP contribution in [0.5, 0.6) is 0 Å². The molecule has 6 heteroatoms. The highest BCUT2D eigenvalue weighted by atomic mass is 16.1. The third-order valence-corrected chi connectivity index (χ3v) is 2.50. The molecule has 0 radical (unpaired) electrons. The van der Waals surface area contributed by atoms with Crippen molar-refractivity contribution in [1.82, 2.24) is 15.3 Å². The van der Waals surface area contributed by atoms with Crippen molar-refractivity contribution in [3.8, 4) is 0 Å². The molecule has 1 aromatic carbocycles. The van der Waals surface area contributed by atoms with Gasteiger partial charge in [0.15, 0.2) is 0 Å². The number of para-hydroxylation sites is 1. The lowest BCUT2D eigenvalue weighted by atomic mass is 10.2. The molecule has 4 N–H and O–H groups in total. The van der Waals surface area contributed by atoms with E-state index in [1.165, 1.54) is 0 Å². The highest BCUT2D eigenvalue weighted by molar-refractivity contribution is 5.77. The van der Waals surface area contributed by atoms with Crippen molar-refractivity contribution >= 4 is 16.8 Å². The number of carbonyl (C=O) groups is 1. The van der Waals surface area contributed by atoms with Gasteiger partial charge in [-0.1, -0.05) is 12.1 Å². The van der Waals surface area contributed by atoms with Crippen LogP contribution in [0.4, 0.5) is 0 Å². The summed E-state index contributed by atoms with van der Waals surface area (Å²) in [4.78, 5) is 29.3. The van der Waals surface area contributed by atoms with Crippen LogP contribution < -0.4 is 16.6 Å². The van der Waals surface area contributed by atoms with Gasteiger partial charge in [-0.05, 0) is 12.1 Å². The summed E-state index contributed by atoms with van der Waals surface area (Å²) >= 11 is 0. The van der Waals surface area contributed by atoms with Crippen LogP contribution in [-0.2, 0) is 11.3 Å². The first-order valence-electron chi connectivity index (χ1n) is 5.64. The molecule has 0 atom stereocenters. The second-order valence-electron chi connectivity index (χ2n) is 3.92. The quantitative estimate of drug-likeness (QED) is 0.640. The molecule has 0 saturated heterocycles. The third-order valence-electron chi connectivity index (χ3n) is 2.50. The number of primary amides is 1. The highest BCUT2D eigenvalue weighted by Gasteiger charge is 2.02. The number of amides is 1. The van der Waals surface area contributed by atoms with Gasteiger partial charge in [0.05, 0.1) is 17.4 Å². The van der Waals surface area contributed by atoms with Crippen molar-refractivity contribution < 1.29 is 4.79 Å². The van der Waals surface area contributed by atoms with Gasteiger partial charge < -0.3 is 16.0 Å². The molecule has 18 heavy (non-hydrogen) atoms. The minimum atomic E-state index is -0.359. The number of nitrogens with zero attached hydrogens (tertiary/aromatic N) is 1. The fourth-order valence-electron chi connectivity index (χ4n) is 1.64. The van der Waals surface area contributed by atoms with Crippen LogP contribution >= 0.6 is 0 Å². The maximum atomic E-state index is 11.7. The molecule has 94 valence electrons. The van der Waals surface area contributed by atoms with Crippen molar-refractivity contribution in [2.24, 2.45) is 5.73 Å². The molecule has 0 aliphatic rings. The van der Waals surface area contributed by atoms with Gasteiger partial charge >= 0.3 is 0 Å². The lowest BCUT2D eigenvalue weighted by molar-refractivity contribution is -0.117. The number of nitrogens with one attached hydrogen (secondary N) is 2. The van der Waals surface area contributed by atoms with Crippen LogP contribution in [0.3, 0.4) is 0 Å². The molecular weight excluding hydrogens is 232 g/mol. The number of benzene rings is 1. The summed E-state index contributed by atoms with van der Waals surface area (Å²) in [6.07, 6.45) is 0.262. The van der Waals surface area contributed by atoms with Crippen molar-refractivity contribution in [3.63, 3.8) is 0 Å². The number of rotatable bonds is 5. The number of hydrogen-bond donors (Lipinski definition) is 3. The van der Waals surface area contributed by atoms with Gasteiger partial charge in [-0.25, -0.2) is 4.98 Å². The van der Waals surface area contributed by atoms with E-state index < -0.39 is 0 Å². The number of aromatic amines is 1. The summed E-state index contributed by atoms with van der Waals surface area (Å²) in [5.74, 6) is 0.186. The fraction of sp³-hybridized carbons (Fsp3) is 0.250. The summed E-state index contributed by atoms with van der Waals surface area (Å²) in [5.41, 5.74) is 5.52. The predicted molar refractivity (Wildman–Crippen MR) is 67.9 cm³/mol. The lowest BCUT2D eigenvalue weighted by Crippen LogP contribution is -2.24. The molecule has 2 aromatic rings. The number of carbonyl (C=O) groups excluding carboxylic acids is 1. The monoisotopic (exact) mass is 246 g/mol. The SMILES string of the molecule is NC(=O)CCNCc1nc2ccccc2c(=O)[nH]1. The van der Waals surface area contributed by atoms with Gasteiger partial charge in [0.1, 0.15) is 5.82 Å². The summed E-state index contributed by atoms with van der Waals surface area (Å²) in [6, 6.07) is 7.14. The van der Waals surface area contributed by atoms with Gasteiger partial charge in [-0.3, -0.25) is 9.59 Å². The lowest BCUT2D eigenvalue weighted by Gasteiger charge is -2.04. The van der Waals surface area contributed by atoms with Crippen molar-refractivity contribution in [1.29, 1.82) is 0 Å². The van der Waals surface area contributed by atoms with E-state index >= 15 is 0 Å². The Kier molecular flexibility index (Phi) is 3.69. The normalized spacial score (nSPS) is 10.7. The topological polar surface area (TPSA) is 101 Å². The molecule has 1 heterocycles. The molecule has 0 spiro atoms. The van der Waals surface area contributed by atoms with Gasteiger partial charge in [0.2, 0.25) is 5.91 Å². The second kappa shape index (κ2) is 5.42. The Morgan fingerprint density at radius 1 is 1.39 bits per heavy atom. The summed E-state index contributed by atoms with van der Waals surface area (Å²) in [7, 11) is 0. The Labute approximate surface area is 103 Å². The number of nitrogens with two attached hydrogens (primary N) is 1. The summed E-state index contributed by atoms with van der Waals surface area (Å²) < 4.78 is 0. The van der Waals surface area contributed by atoms with Crippen LogP contribution in [0.25, 0.3) is 10.9 Å². The standard InChI is InChI=1S/C12H14N4O2/c13-10(17)5-6-14-7-11-15-9-4-2-1-3-8(9)12(18)16-11/h1-4,14H,5-7H2,(H2,13,17)(H,15,16,18). The van der Waals surface area contributed by atoms with Crippen molar-refractivity contribution in [2.75, 3.05) is 6.54 Å². The van der Waals surface area contributed by atoms with E-state index in [0.29, 0.717) is 29.8 Å². The summed E-state index contributed by atoms with van der Waals surface area (Å²) in [6.45, 7) is 0.860. The van der Waals surface area contributed by atoms with E-state index in [1.54, 1.807) is 18.2 Å². The largest absolute Gasteiger partial charge is 0.370 e. The smallest absolute Gasteiger partial charge is 0.258 e. The molecule has 0 unspecified atom stereocenters. The maximum Gasteiger partial charge on any atom is 0.258 e. The van der Waals surface area contributed by atoms with Crippen molar-refractivity contribution in [3.05, 3.63) is 40.4 Å². The Balaban J connectivity index is 2.10. The Hall–Kier alpha value is -2.21. The highest BCUT2D eigenvalue weighted by Crippen LogP contribution is 2.05. The van der Waals surface area contributed by atoms with E-state index in [0.717, 1.165) is 0 Å². The van der Waals surface area contributed by atoms with Gasteiger partial charge in [-0.2, -0.15) is 0 Å². The first kappa shape index (κ1) is 12.3. The molecule has 0 aliphatic heterocycles. The van der Waals surface area contributed by atoms with E-state index in [1.807, 2.05) is 6.07 Å². The molecule has 2 rings (SSSR count). The molecule has 0 fully saturated rings. The Morgan fingerprint density at radius 2 is 2.17 bits per heavy atom. The minimum absolute atomic E-state index is 0.160. The number of aromatic nitrogens is 2. The molecule has 0 saturated carbocycles. The van der Waals surface area contributed by atoms with Crippen LogP contribution in [0.2, 0.25) is 0 Å². The van der Waals surface area contributed by atoms with Crippen LogP contribution in [-0.4, -0.2) is 22.4 Å². The van der Waals surface area contributed by atoms with E-state index in [4.69, 9.17) is 5.73 Å². The predicted octanol–water partition coefficient (Wildman–Crippen LogP) is -0.112.